The highest BCUT2D eigenvalue weighted by molar-refractivity contribution is 5.92. The van der Waals surface area contributed by atoms with Crippen LogP contribution in [0.25, 0.3) is 0 Å². The summed E-state index contributed by atoms with van der Waals surface area (Å²) in [5.74, 6) is -0.136. The molecule has 0 atom stereocenters. The van der Waals surface area contributed by atoms with Crippen LogP contribution in [0.5, 0.6) is 5.75 Å². The van der Waals surface area contributed by atoms with Gasteiger partial charge in [0.05, 0.1) is 12.7 Å². The van der Waals surface area contributed by atoms with Gasteiger partial charge in [-0.1, -0.05) is 0 Å². The fourth-order valence-corrected chi connectivity index (χ4v) is 3.06. The van der Waals surface area contributed by atoms with Crippen molar-refractivity contribution >= 4 is 23.3 Å². The minimum Gasteiger partial charge on any atom is -0.484 e. The van der Waals surface area contributed by atoms with E-state index in [1.807, 2.05) is 24.3 Å². The lowest BCUT2D eigenvalue weighted by Gasteiger charge is -2.28. The van der Waals surface area contributed by atoms with E-state index in [1.54, 1.807) is 24.3 Å². The Morgan fingerprint density at radius 3 is 2.26 bits per heavy atom. The topological polar surface area (TPSA) is 67.9 Å². The second-order valence-electron chi connectivity index (χ2n) is 6.45. The molecule has 0 spiro atoms. The molecule has 1 N–H and O–H groups in total. The summed E-state index contributed by atoms with van der Waals surface area (Å²) < 4.78 is 10.1. The minimum absolute atomic E-state index is 0.106. The van der Waals surface area contributed by atoms with Crippen LogP contribution in [0.2, 0.25) is 0 Å². The second kappa shape index (κ2) is 9.07. The van der Waals surface area contributed by atoms with Gasteiger partial charge in [-0.3, -0.25) is 4.79 Å². The predicted molar refractivity (Wildman–Crippen MR) is 104 cm³/mol. The van der Waals surface area contributed by atoms with Gasteiger partial charge in [0.2, 0.25) is 0 Å². The first-order chi connectivity index (χ1) is 13.2. The van der Waals surface area contributed by atoms with E-state index in [9.17, 15) is 9.59 Å². The van der Waals surface area contributed by atoms with Crippen molar-refractivity contribution in [2.24, 2.45) is 0 Å². The van der Waals surface area contributed by atoms with Gasteiger partial charge in [-0.05, 0) is 67.8 Å². The number of ether oxygens (including phenoxy) is 2. The van der Waals surface area contributed by atoms with Crippen molar-refractivity contribution in [3.63, 3.8) is 0 Å². The zero-order chi connectivity index (χ0) is 19.1. The summed E-state index contributed by atoms with van der Waals surface area (Å²) in [6.45, 7) is 2.08. The Bertz CT molecular complexity index is 766. The van der Waals surface area contributed by atoms with Crippen molar-refractivity contribution < 1.29 is 19.1 Å². The fourth-order valence-electron chi connectivity index (χ4n) is 3.06. The van der Waals surface area contributed by atoms with Crippen LogP contribution in [0.3, 0.4) is 0 Å². The summed E-state index contributed by atoms with van der Waals surface area (Å²) in [6, 6.07) is 14.3. The maximum atomic E-state index is 12.1. The molecular formula is C21H24N2O4. The van der Waals surface area contributed by atoms with Crippen LogP contribution in [0.15, 0.2) is 48.5 Å². The molecule has 3 rings (SSSR count). The van der Waals surface area contributed by atoms with Crippen molar-refractivity contribution in [1.29, 1.82) is 0 Å². The van der Waals surface area contributed by atoms with Gasteiger partial charge >= 0.3 is 5.97 Å². The average Bonchev–Trinajstić information content (AvgIpc) is 2.73. The Morgan fingerprint density at radius 2 is 1.63 bits per heavy atom. The molecule has 0 bridgehead atoms. The third-order valence-corrected chi connectivity index (χ3v) is 4.52. The molecule has 27 heavy (non-hydrogen) atoms. The highest BCUT2D eigenvalue weighted by atomic mass is 16.5. The van der Waals surface area contributed by atoms with Crippen LogP contribution in [0.1, 0.15) is 29.6 Å². The molecule has 6 nitrogen and oxygen atoms in total. The van der Waals surface area contributed by atoms with Crippen LogP contribution >= 0.6 is 0 Å². The summed E-state index contributed by atoms with van der Waals surface area (Å²) in [5, 5.41) is 2.82. The van der Waals surface area contributed by atoms with E-state index in [1.165, 1.54) is 32.1 Å². The monoisotopic (exact) mass is 368 g/mol. The lowest BCUT2D eigenvalue weighted by Crippen LogP contribution is -2.29. The maximum Gasteiger partial charge on any atom is 0.337 e. The van der Waals surface area contributed by atoms with Crippen molar-refractivity contribution in [3.8, 4) is 5.75 Å². The summed E-state index contributed by atoms with van der Waals surface area (Å²) in [7, 11) is 1.33. The molecule has 1 saturated heterocycles. The van der Waals surface area contributed by atoms with E-state index < -0.39 is 5.97 Å². The van der Waals surface area contributed by atoms with Crippen molar-refractivity contribution in [2.45, 2.75) is 19.3 Å². The molecule has 1 aliphatic rings. The maximum absolute atomic E-state index is 12.1. The zero-order valence-corrected chi connectivity index (χ0v) is 15.4. The number of piperidine rings is 1. The zero-order valence-electron chi connectivity index (χ0n) is 15.4. The third kappa shape index (κ3) is 5.23. The van der Waals surface area contributed by atoms with Gasteiger partial charge in [-0.25, -0.2) is 4.79 Å². The number of hydrogen-bond acceptors (Lipinski definition) is 5. The molecular weight excluding hydrogens is 344 g/mol. The number of rotatable bonds is 6. The summed E-state index contributed by atoms with van der Waals surface area (Å²) >= 11 is 0. The van der Waals surface area contributed by atoms with Crippen LogP contribution in [-0.4, -0.2) is 38.7 Å². The number of nitrogens with one attached hydrogen (secondary N) is 1. The minimum atomic E-state index is -0.410. The van der Waals surface area contributed by atoms with E-state index in [2.05, 4.69) is 15.0 Å². The molecule has 0 aliphatic carbocycles. The molecule has 2 aromatic carbocycles. The number of anilines is 2. The lowest BCUT2D eigenvalue weighted by molar-refractivity contribution is -0.118. The number of benzene rings is 2. The first-order valence-corrected chi connectivity index (χ1v) is 9.12. The number of carbonyl (C=O) groups excluding carboxylic acids is 2. The molecule has 0 radical (unpaired) electrons. The largest absolute Gasteiger partial charge is 0.484 e. The van der Waals surface area contributed by atoms with Gasteiger partial charge in [0.25, 0.3) is 5.91 Å². The summed E-state index contributed by atoms with van der Waals surface area (Å²) in [5.41, 5.74) is 2.36. The number of nitrogens with zero attached hydrogens (tertiary/aromatic N) is 1. The van der Waals surface area contributed by atoms with Gasteiger partial charge < -0.3 is 19.7 Å². The standard InChI is InChI=1S/C21H24N2O4/c1-26-21(25)16-5-11-19(12-6-16)27-15-20(24)22-17-7-9-18(10-8-17)23-13-3-2-4-14-23/h5-12H,2-4,13-15H2,1H3,(H,22,24). The van der Waals surface area contributed by atoms with E-state index in [4.69, 9.17) is 4.74 Å². The smallest absolute Gasteiger partial charge is 0.337 e. The van der Waals surface area contributed by atoms with Gasteiger partial charge in [0, 0.05) is 24.5 Å². The number of esters is 1. The Balaban J connectivity index is 1.48. The fraction of sp³-hybridized carbons (Fsp3) is 0.333. The summed E-state index contributed by atoms with van der Waals surface area (Å²) in [4.78, 5) is 25.8. The summed E-state index contributed by atoms with van der Waals surface area (Å²) in [6.07, 6.45) is 3.77. The number of hydrogen-bond donors (Lipinski definition) is 1. The first-order valence-electron chi connectivity index (χ1n) is 9.12. The molecule has 142 valence electrons. The Labute approximate surface area is 159 Å². The molecule has 0 saturated carbocycles. The van der Waals surface area contributed by atoms with Crippen molar-refractivity contribution in [1.82, 2.24) is 0 Å². The van der Waals surface area contributed by atoms with Gasteiger partial charge in [0.1, 0.15) is 5.75 Å². The van der Waals surface area contributed by atoms with Crippen LogP contribution in [0, 0.1) is 0 Å². The van der Waals surface area contributed by atoms with Crippen LogP contribution in [0.4, 0.5) is 11.4 Å². The Kier molecular flexibility index (Phi) is 6.30. The van der Waals surface area contributed by atoms with Gasteiger partial charge in [-0.2, -0.15) is 0 Å². The van der Waals surface area contributed by atoms with Crippen molar-refractivity contribution in [2.75, 3.05) is 37.0 Å². The van der Waals surface area contributed by atoms with E-state index in [0.717, 1.165) is 18.8 Å². The second-order valence-corrected chi connectivity index (χ2v) is 6.45. The number of amides is 1. The molecule has 1 amide bonds. The molecule has 6 heteroatoms. The SMILES string of the molecule is COC(=O)c1ccc(OCC(=O)Nc2ccc(N3CCCCC3)cc2)cc1. The molecule has 1 heterocycles. The van der Waals surface area contributed by atoms with Crippen LogP contribution in [-0.2, 0) is 9.53 Å². The van der Waals surface area contributed by atoms with E-state index >= 15 is 0 Å². The quantitative estimate of drug-likeness (QED) is 0.791. The van der Waals surface area contributed by atoms with Crippen molar-refractivity contribution in [3.05, 3.63) is 54.1 Å². The number of carbonyl (C=O) groups is 2. The van der Waals surface area contributed by atoms with E-state index in [0.29, 0.717) is 11.3 Å². The molecule has 0 aromatic heterocycles. The lowest BCUT2D eigenvalue weighted by atomic mass is 10.1. The Morgan fingerprint density at radius 1 is 0.963 bits per heavy atom. The normalized spacial score (nSPS) is 13.7. The molecule has 2 aromatic rings. The third-order valence-electron chi connectivity index (χ3n) is 4.52. The predicted octanol–water partition coefficient (Wildman–Crippen LogP) is 3.48. The molecule has 1 fully saturated rings. The molecule has 1 aliphatic heterocycles. The Hall–Kier alpha value is -3.02. The number of methoxy groups -OCH3 is 1. The van der Waals surface area contributed by atoms with Gasteiger partial charge in [0.15, 0.2) is 6.61 Å². The van der Waals surface area contributed by atoms with E-state index in [-0.39, 0.29) is 12.5 Å². The highest BCUT2D eigenvalue weighted by Gasteiger charge is 2.11. The van der Waals surface area contributed by atoms with Crippen LogP contribution < -0.4 is 15.0 Å². The first kappa shape index (κ1) is 18.8. The highest BCUT2D eigenvalue weighted by Crippen LogP contribution is 2.21. The van der Waals surface area contributed by atoms with Gasteiger partial charge in [-0.15, -0.1) is 0 Å². The average molecular weight is 368 g/mol. The molecule has 0 unspecified atom stereocenters.